The van der Waals surface area contributed by atoms with E-state index < -0.39 is 16.1 Å². The number of amides is 1. The summed E-state index contributed by atoms with van der Waals surface area (Å²) in [5, 5.41) is 9.21. The first-order valence-corrected chi connectivity index (χ1v) is 8.77. The van der Waals surface area contributed by atoms with Gasteiger partial charge in [0.1, 0.15) is 18.2 Å². The number of carbonyl (C=O) groups is 1. The lowest BCUT2D eigenvalue weighted by molar-refractivity contribution is -0.124. The minimum absolute atomic E-state index is 0.0921. The lowest BCUT2D eigenvalue weighted by Crippen LogP contribution is -2.47. The Balaban J connectivity index is 1.88. The lowest BCUT2D eigenvalue weighted by Gasteiger charge is -2.23. The van der Waals surface area contributed by atoms with E-state index in [-0.39, 0.29) is 11.7 Å². The summed E-state index contributed by atoms with van der Waals surface area (Å²) in [6.45, 7) is 2.66. The third-order valence-electron chi connectivity index (χ3n) is 3.45. The van der Waals surface area contributed by atoms with Crippen molar-refractivity contribution in [1.29, 1.82) is 0 Å². The van der Waals surface area contributed by atoms with Crippen LogP contribution in [0.1, 0.15) is 32.0 Å². The van der Waals surface area contributed by atoms with Crippen molar-refractivity contribution in [2.75, 3.05) is 18.8 Å². The molecular formula is C12H21N5O3S. The van der Waals surface area contributed by atoms with Gasteiger partial charge in [-0.25, -0.2) is 13.4 Å². The number of aromatic nitrogens is 3. The fourth-order valence-electron chi connectivity index (χ4n) is 2.48. The molecule has 2 heterocycles. The van der Waals surface area contributed by atoms with Crippen molar-refractivity contribution in [1.82, 2.24) is 24.8 Å². The van der Waals surface area contributed by atoms with Crippen molar-refractivity contribution >= 4 is 15.9 Å². The summed E-state index contributed by atoms with van der Waals surface area (Å²) < 4.78 is 25.6. The Bertz CT molecular complexity index is 557. The van der Waals surface area contributed by atoms with Crippen molar-refractivity contribution < 1.29 is 13.2 Å². The molecule has 0 bridgehead atoms. The average Bonchev–Trinajstić information content (AvgIpc) is 3.10. The van der Waals surface area contributed by atoms with E-state index in [4.69, 9.17) is 0 Å². The van der Waals surface area contributed by atoms with Crippen molar-refractivity contribution in [3.63, 3.8) is 0 Å². The van der Waals surface area contributed by atoms with E-state index >= 15 is 0 Å². The number of hydrogen-bond donors (Lipinski definition) is 2. The molecule has 0 spiro atoms. The third kappa shape index (κ3) is 4.01. The SMILES string of the molecule is CCCS(=O)(=O)N1CCCC1C(=O)NCCc1ncn[nH]1. The minimum atomic E-state index is -3.33. The summed E-state index contributed by atoms with van der Waals surface area (Å²) in [5.41, 5.74) is 0. The van der Waals surface area contributed by atoms with Crippen LogP contribution in [0.25, 0.3) is 0 Å². The second-order valence-corrected chi connectivity index (χ2v) is 7.10. The molecule has 21 heavy (non-hydrogen) atoms. The number of aromatic amines is 1. The van der Waals surface area contributed by atoms with E-state index in [9.17, 15) is 13.2 Å². The van der Waals surface area contributed by atoms with Crippen molar-refractivity contribution in [3.8, 4) is 0 Å². The minimum Gasteiger partial charge on any atom is -0.354 e. The highest BCUT2D eigenvalue weighted by Crippen LogP contribution is 2.21. The van der Waals surface area contributed by atoms with E-state index in [1.807, 2.05) is 6.92 Å². The highest BCUT2D eigenvalue weighted by molar-refractivity contribution is 7.89. The van der Waals surface area contributed by atoms with Gasteiger partial charge in [-0.05, 0) is 19.3 Å². The molecule has 0 aliphatic carbocycles. The van der Waals surface area contributed by atoms with E-state index in [1.165, 1.54) is 10.6 Å². The zero-order valence-electron chi connectivity index (χ0n) is 12.1. The molecule has 1 aliphatic rings. The molecule has 0 radical (unpaired) electrons. The summed E-state index contributed by atoms with van der Waals surface area (Å²) in [7, 11) is -3.33. The van der Waals surface area contributed by atoms with Gasteiger partial charge < -0.3 is 5.32 Å². The Hall–Kier alpha value is -1.48. The normalized spacial score (nSPS) is 19.8. The first-order valence-electron chi connectivity index (χ1n) is 7.16. The maximum Gasteiger partial charge on any atom is 0.238 e. The van der Waals surface area contributed by atoms with Gasteiger partial charge in [-0.3, -0.25) is 9.89 Å². The standard InChI is InChI=1S/C12H21N5O3S/c1-2-8-21(19,20)17-7-3-4-10(17)12(18)13-6-5-11-14-9-15-16-11/h9-10H,2-8H2,1H3,(H,13,18)(H,14,15,16). The van der Waals surface area contributed by atoms with Gasteiger partial charge >= 0.3 is 0 Å². The van der Waals surface area contributed by atoms with Crippen LogP contribution in [0.4, 0.5) is 0 Å². The highest BCUT2D eigenvalue weighted by atomic mass is 32.2. The monoisotopic (exact) mass is 315 g/mol. The fourth-order valence-corrected chi connectivity index (χ4v) is 4.23. The Kier molecular flexibility index (Phi) is 5.29. The Morgan fingerprint density at radius 3 is 3.05 bits per heavy atom. The van der Waals surface area contributed by atoms with Gasteiger partial charge in [0.2, 0.25) is 15.9 Å². The molecule has 1 unspecified atom stereocenters. The van der Waals surface area contributed by atoms with Crippen LogP contribution in [-0.4, -0.2) is 58.7 Å². The van der Waals surface area contributed by atoms with Gasteiger partial charge in [0.15, 0.2) is 0 Å². The summed E-state index contributed by atoms with van der Waals surface area (Å²) in [5.74, 6) is 0.554. The highest BCUT2D eigenvalue weighted by Gasteiger charge is 2.37. The van der Waals surface area contributed by atoms with Crippen molar-refractivity contribution in [2.45, 2.75) is 38.6 Å². The molecule has 2 rings (SSSR count). The second kappa shape index (κ2) is 6.99. The zero-order chi connectivity index (χ0) is 15.3. The molecule has 1 aromatic rings. The Morgan fingerprint density at radius 2 is 2.38 bits per heavy atom. The molecule has 0 aromatic carbocycles. The van der Waals surface area contributed by atoms with Gasteiger partial charge in [0, 0.05) is 19.5 Å². The van der Waals surface area contributed by atoms with Crippen LogP contribution in [0.3, 0.4) is 0 Å². The molecule has 1 saturated heterocycles. The van der Waals surface area contributed by atoms with E-state index in [2.05, 4.69) is 20.5 Å². The molecule has 0 saturated carbocycles. The maximum absolute atomic E-state index is 12.2. The topological polar surface area (TPSA) is 108 Å². The number of rotatable bonds is 7. The number of carbonyl (C=O) groups excluding carboxylic acids is 1. The Morgan fingerprint density at radius 1 is 1.57 bits per heavy atom. The number of sulfonamides is 1. The molecule has 8 nitrogen and oxygen atoms in total. The lowest BCUT2D eigenvalue weighted by atomic mass is 10.2. The zero-order valence-corrected chi connectivity index (χ0v) is 12.9. The summed E-state index contributed by atoms with van der Waals surface area (Å²) in [6.07, 6.45) is 3.81. The van der Waals surface area contributed by atoms with Crippen LogP contribution in [0.2, 0.25) is 0 Å². The number of nitrogens with zero attached hydrogens (tertiary/aromatic N) is 3. The maximum atomic E-state index is 12.2. The largest absolute Gasteiger partial charge is 0.354 e. The van der Waals surface area contributed by atoms with Crippen molar-refractivity contribution in [2.24, 2.45) is 0 Å². The number of H-pyrrole nitrogens is 1. The molecule has 1 fully saturated rings. The molecule has 1 amide bonds. The molecule has 2 N–H and O–H groups in total. The van der Waals surface area contributed by atoms with Crippen LogP contribution < -0.4 is 5.32 Å². The van der Waals surface area contributed by atoms with Gasteiger partial charge in [0.05, 0.1) is 5.75 Å². The average molecular weight is 315 g/mol. The van der Waals surface area contributed by atoms with Crippen LogP contribution in [0, 0.1) is 0 Å². The third-order valence-corrected chi connectivity index (χ3v) is 5.53. The van der Waals surface area contributed by atoms with E-state index in [1.54, 1.807) is 0 Å². The molecule has 1 atom stereocenters. The summed E-state index contributed by atoms with van der Waals surface area (Å²) in [6, 6.07) is -0.573. The summed E-state index contributed by atoms with van der Waals surface area (Å²) >= 11 is 0. The number of nitrogens with one attached hydrogen (secondary N) is 2. The van der Waals surface area contributed by atoms with Crippen LogP contribution in [0.5, 0.6) is 0 Å². The van der Waals surface area contributed by atoms with Gasteiger partial charge in [0.25, 0.3) is 0 Å². The van der Waals surface area contributed by atoms with Gasteiger partial charge in [-0.15, -0.1) is 0 Å². The predicted octanol–water partition coefficient (Wildman–Crippen LogP) is -0.332. The summed E-state index contributed by atoms with van der Waals surface area (Å²) in [4.78, 5) is 16.1. The first kappa shape index (κ1) is 15.9. The molecule has 9 heteroatoms. The second-order valence-electron chi connectivity index (χ2n) is 5.06. The molecular weight excluding hydrogens is 294 g/mol. The first-order chi connectivity index (χ1) is 10.0. The van der Waals surface area contributed by atoms with E-state index in [0.717, 1.165) is 6.42 Å². The predicted molar refractivity (Wildman–Crippen MR) is 76.9 cm³/mol. The smallest absolute Gasteiger partial charge is 0.238 e. The number of hydrogen-bond acceptors (Lipinski definition) is 5. The van der Waals surface area contributed by atoms with Gasteiger partial charge in [-0.1, -0.05) is 6.92 Å². The molecule has 1 aliphatic heterocycles. The van der Waals surface area contributed by atoms with Crippen LogP contribution in [0.15, 0.2) is 6.33 Å². The van der Waals surface area contributed by atoms with Crippen LogP contribution >= 0.6 is 0 Å². The van der Waals surface area contributed by atoms with E-state index in [0.29, 0.717) is 38.2 Å². The Labute approximate surface area is 124 Å². The van der Waals surface area contributed by atoms with Crippen molar-refractivity contribution in [3.05, 3.63) is 12.2 Å². The van der Waals surface area contributed by atoms with Crippen LogP contribution in [-0.2, 0) is 21.2 Å². The molecule has 118 valence electrons. The van der Waals surface area contributed by atoms with Gasteiger partial charge in [-0.2, -0.15) is 9.40 Å². The fraction of sp³-hybridized carbons (Fsp3) is 0.750. The molecule has 1 aromatic heterocycles. The quantitative estimate of drug-likeness (QED) is 0.716.